The average molecular weight is 376 g/mol. The Morgan fingerprint density at radius 1 is 1.15 bits per heavy atom. The topological polar surface area (TPSA) is 121 Å². The van der Waals surface area contributed by atoms with Crippen LogP contribution < -0.4 is 10.6 Å². The zero-order chi connectivity index (χ0) is 18.6. The number of sulfone groups is 1. The van der Waals surface area contributed by atoms with E-state index in [9.17, 15) is 18.0 Å². The van der Waals surface area contributed by atoms with Crippen LogP contribution in [0.1, 0.15) is 31.4 Å². The minimum Gasteiger partial charge on any atom is -0.342 e. The molecule has 1 fully saturated rings. The van der Waals surface area contributed by atoms with Gasteiger partial charge in [-0.05, 0) is 37.1 Å². The van der Waals surface area contributed by atoms with E-state index in [0.717, 1.165) is 12.8 Å². The van der Waals surface area contributed by atoms with Gasteiger partial charge in [0.15, 0.2) is 9.84 Å². The zero-order valence-electron chi connectivity index (χ0n) is 14.1. The Kier molecular flexibility index (Phi) is 5.36. The van der Waals surface area contributed by atoms with Crippen molar-refractivity contribution < 1.29 is 18.0 Å². The molecular formula is C17H20N4O4S. The number of nitrogens with zero attached hydrogens (tertiary/aromatic N) is 1. The molecule has 1 aromatic heterocycles. The molecule has 1 aromatic carbocycles. The average Bonchev–Trinajstić information content (AvgIpc) is 3.33. The molecule has 8 nitrogen and oxygen atoms in total. The normalized spacial score (nSPS) is 14.9. The monoisotopic (exact) mass is 376 g/mol. The largest absolute Gasteiger partial charge is 0.342 e. The van der Waals surface area contributed by atoms with Crippen LogP contribution in [-0.4, -0.2) is 35.7 Å². The van der Waals surface area contributed by atoms with E-state index in [1.54, 1.807) is 18.2 Å². The highest BCUT2D eigenvalue weighted by Crippen LogP contribution is 2.30. The summed E-state index contributed by atoms with van der Waals surface area (Å²) in [5.74, 6) is -1.68. The van der Waals surface area contributed by atoms with Crippen molar-refractivity contribution in [3.63, 3.8) is 0 Å². The first-order chi connectivity index (χ1) is 12.5. The van der Waals surface area contributed by atoms with Gasteiger partial charge in [-0.2, -0.15) is 5.10 Å². The highest BCUT2D eigenvalue weighted by Gasteiger charge is 2.30. The third-order valence-electron chi connectivity index (χ3n) is 4.37. The van der Waals surface area contributed by atoms with E-state index in [1.165, 1.54) is 18.3 Å². The van der Waals surface area contributed by atoms with Crippen LogP contribution in [0, 0.1) is 0 Å². The molecule has 1 aliphatic rings. The molecule has 0 radical (unpaired) electrons. The van der Waals surface area contributed by atoms with Gasteiger partial charge in [0.2, 0.25) is 0 Å². The van der Waals surface area contributed by atoms with Gasteiger partial charge in [0.05, 0.1) is 22.4 Å². The van der Waals surface area contributed by atoms with Crippen LogP contribution >= 0.6 is 0 Å². The third-order valence-corrected chi connectivity index (χ3v) is 6.63. The Hall–Kier alpha value is -2.68. The van der Waals surface area contributed by atoms with Gasteiger partial charge >= 0.3 is 11.8 Å². The number of nitrogens with one attached hydrogen (secondary N) is 3. The Labute approximate surface area is 151 Å². The Morgan fingerprint density at radius 3 is 2.62 bits per heavy atom. The molecule has 0 aliphatic heterocycles. The standard InChI is InChI=1S/C17H20N4O4S/c22-16(18-11-13-8-9-19-21-13)17(23)20-12-4-3-7-15(10-12)26(24,25)14-5-1-2-6-14/h3-4,7-10,14H,1-2,5-6,11H2,(H,18,22)(H,19,21)(H,20,23). The number of aromatic nitrogens is 2. The van der Waals surface area contributed by atoms with Crippen LogP contribution in [0.25, 0.3) is 0 Å². The summed E-state index contributed by atoms with van der Waals surface area (Å²) in [6, 6.07) is 7.69. The van der Waals surface area contributed by atoms with Crippen molar-refractivity contribution in [3.05, 3.63) is 42.2 Å². The second-order valence-corrected chi connectivity index (χ2v) is 8.43. The number of rotatable bonds is 5. The first kappa shape index (κ1) is 18.1. The molecule has 0 bridgehead atoms. The second kappa shape index (κ2) is 7.69. The summed E-state index contributed by atoms with van der Waals surface area (Å²) in [6.45, 7) is 0.141. The Bertz CT molecular complexity index is 887. The van der Waals surface area contributed by atoms with Crippen molar-refractivity contribution >= 4 is 27.3 Å². The second-order valence-electron chi connectivity index (χ2n) is 6.20. The van der Waals surface area contributed by atoms with Crippen molar-refractivity contribution in [2.24, 2.45) is 0 Å². The summed E-state index contributed by atoms with van der Waals surface area (Å²) in [6.07, 6.45) is 4.69. The summed E-state index contributed by atoms with van der Waals surface area (Å²) in [4.78, 5) is 24.0. The van der Waals surface area contributed by atoms with Crippen molar-refractivity contribution in [1.82, 2.24) is 15.5 Å². The van der Waals surface area contributed by atoms with Gasteiger partial charge in [0.1, 0.15) is 0 Å². The van der Waals surface area contributed by atoms with E-state index in [-0.39, 0.29) is 22.4 Å². The van der Waals surface area contributed by atoms with E-state index < -0.39 is 21.7 Å². The van der Waals surface area contributed by atoms with Gasteiger partial charge in [0, 0.05) is 11.9 Å². The van der Waals surface area contributed by atoms with Gasteiger partial charge in [-0.25, -0.2) is 8.42 Å². The lowest BCUT2D eigenvalue weighted by Gasteiger charge is -2.12. The van der Waals surface area contributed by atoms with E-state index >= 15 is 0 Å². The molecule has 138 valence electrons. The zero-order valence-corrected chi connectivity index (χ0v) is 14.9. The molecule has 1 saturated carbocycles. The highest BCUT2D eigenvalue weighted by molar-refractivity contribution is 7.92. The Morgan fingerprint density at radius 2 is 1.92 bits per heavy atom. The van der Waals surface area contributed by atoms with Crippen LogP contribution in [-0.2, 0) is 26.0 Å². The van der Waals surface area contributed by atoms with Crippen molar-refractivity contribution in [3.8, 4) is 0 Å². The lowest BCUT2D eigenvalue weighted by molar-refractivity contribution is -0.136. The molecule has 26 heavy (non-hydrogen) atoms. The fourth-order valence-electron chi connectivity index (χ4n) is 2.97. The quantitative estimate of drug-likeness (QED) is 0.681. The summed E-state index contributed by atoms with van der Waals surface area (Å²) in [7, 11) is -3.42. The van der Waals surface area contributed by atoms with Crippen LogP contribution in [0.4, 0.5) is 5.69 Å². The number of hydrogen-bond acceptors (Lipinski definition) is 5. The van der Waals surface area contributed by atoms with Gasteiger partial charge < -0.3 is 10.6 Å². The number of hydrogen-bond donors (Lipinski definition) is 3. The summed E-state index contributed by atoms with van der Waals surface area (Å²) < 4.78 is 25.3. The molecule has 0 atom stereocenters. The summed E-state index contributed by atoms with van der Waals surface area (Å²) in [5.41, 5.74) is 0.932. The number of benzene rings is 1. The molecule has 3 rings (SSSR count). The predicted molar refractivity (Wildman–Crippen MR) is 94.9 cm³/mol. The maximum Gasteiger partial charge on any atom is 0.313 e. The van der Waals surface area contributed by atoms with E-state index in [0.29, 0.717) is 18.5 Å². The molecule has 2 aromatic rings. The SMILES string of the molecule is O=C(NCc1ccn[nH]1)C(=O)Nc1cccc(S(=O)(=O)C2CCCC2)c1. The molecule has 2 amide bonds. The van der Waals surface area contributed by atoms with Crippen LogP contribution in [0.3, 0.4) is 0 Å². The van der Waals surface area contributed by atoms with Crippen molar-refractivity contribution in [2.45, 2.75) is 42.4 Å². The fourth-order valence-corrected chi connectivity index (χ4v) is 4.87. The van der Waals surface area contributed by atoms with Gasteiger partial charge in [0.25, 0.3) is 0 Å². The molecular weight excluding hydrogens is 356 g/mol. The fraction of sp³-hybridized carbons (Fsp3) is 0.353. The van der Waals surface area contributed by atoms with Crippen LogP contribution in [0.5, 0.6) is 0 Å². The maximum absolute atomic E-state index is 12.6. The smallest absolute Gasteiger partial charge is 0.313 e. The summed E-state index contributed by atoms with van der Waals surface area (Å²) >= 11 is 0. The molecule has 0 unspecified atom stereocenters. The van der Waals surface area contributed by atoms with E-state index in [4.69, 9.17) is 0 Å². The number of carbonyl (C=O) groups is 2. The minimum atomic E-state index is -3.42. The molecule has 1 heterocycles. The first-order valence-electron chi connectivity index (χ1n) is 8.38. The highest BCUT2D eigenvalue weighted by atomic mass is 32.2. The third kappa shape index (κ3) is 4.10. The van der Waals surface area contributed by atoms with Gasteiger partial charge in [-0.1, -0.05) is 18.9 Å². The van der Waals surface area contributed by atoms with Crippen LogP contribution in [0.15, 0.2) is 41.4 Å². The van der Waals surface area contributed by atoms with Gasteiger partial charge in [-0.3, -0.25) is 14.7 Å². The maximum atomic E-state index is 12.6. The Balaban J connectivity index is 1.64. The number of H-pyrrole nitrogens is 1. The first-order valence-corrected chi connectivity index (χ1v) is 9.93. The lowest BCUT2D eigenvalue weighted by Crippen LogP contribution is -2.35. The molecule has 3 N–H and O–H groups in total. The molecule has 0 spiro atoms. The number of amides is 2. The predicted octanol–water partition coefficient (Wildman–Crippen LogP) is 1.38. The minimum absolute atomic E-state index is 0.141. The van der Waals surface area contributed by atoms with Crippen molar-refractivity contribution in [1.29, 1.82) is 0 Å². The molecule has 9 heteroatoms. The lowest BCUT2D eigenvalue weighted by atomic mass is 10.3. The van der Waals surface area contributed by atoms with Crippen LogP contribution in [0.2, 0.25) is 0 Å². The number of carbonyl (C=O) groups excluding carboxylic acids is 2. The number of anilines is 1. The van der Waals surface area contributed by atoms with Crippen molar-refractivity contribution in [2.75, 3.05) is 5.32 Å². The van der Waals surface area contributed by atoms with E-state index in [2.05, 4.69) is 20.8 Å². The molecule has 1 aliphatic carbocycles. The number of aromatic amines is 1. The summed E-state index contributed by atoms with van der Waals surface area (Å²) in [5, 5.41) is 10.9. The molecule has 0 saturated heterocycles. The van der Waals surface area contributed by atoms with E-state index in [1.807, 2.05) is 0 Å². The van der Waals surface area contributed by atoms with Gasteiger partial charge in [-0.15, -0.1) is 0 Å².